The molecule has 0 N–H and O–H groups in total. The van der Waals surface area contributed by atoms with Gasteiger partial charge in [-0.2, -0.15) is 0 Å². The average molecular weight is 1140 g/mol. The molecule has 0 bridgehead atoms. The Morgan fingerprint density at radius 2 is 0.482 bits per heavy atom. The first kappa shape index (κ1) is 77.0. The maximum absolute atomic E-state index is 12.9. The molecule has 0 aliphatic heterocycles. The van der Waals surface area contributed by atoms with E-state index < -0.39 is 6.10 Å². The summed E-state index contributed by atoms with van der Waals surface area (Å²) in [6, 6.07) is 0. The van der Waals surface area contributed by atoms with E-state index in [1.54, 1.807) is 0 Å². The minimum absolute atomic E-state index is 0.126. The van der Waals surface area contributed by atoms with Crippen LogP contribution in [0.15, 0.2) is 207 Å². The second kappa shape index (κ2) is 68.5. The van der Waals surface area contributed by atoms with E-state index in [1.807, 2.05) is 0 Å². The van der Waals surface area contributed by atoms with Gasteiger partial charge in [-0.3, -0.25) is 14.4 Å². The van der Waals surface area contributed by atoms with Gasteiger partial charge in [-0.25, -0.2) is 0 Å². The Morgan fingerprint density at radius 1 is 0.253 bits per heavy atom. The molecular weight excluding hydrogens is 1020 g/mol. The SMILES string of the molecule is CC/C=C\C/C=C\C/C=C\C/C=C\C/C=C\C/C=C\C/C=C\C/C=C\C/C=C\CCCC(=O)OCC(COC(=O)CCCCCCC/C=C\C/C=C\CCC)OC(=O)CCCCCC/C=C\C/C=C\C/C=C\C/C=C\C/C=C\C/C=C\CC. The average Bonchev–Trinajstić information content (AvgIpc) is 3.49. The largest absolute Gasteiger partial charge is 0.462 e. The Labute approximate surface area is 509 Å². The van der Waals surface area contributed by atoms with Crippen LogP contribution in [0.2, 0.25) is 0 Å². The smallest absolute Gasteiger partial charge is 0.306 e. The predicted molar refractivity (Wildman–Crippen MR) is 361 cm³/mol. The van der Waals surface area contributed by atoms with Crippen LogP contribution in [0.4, 0.5) is 0 Å². The lowest BCUT2D eigenvalue weighted by Crippen LogP contribution is -2.30. The maximum Gasteiger partial charge on any atom is 0.306 e. The first-order chi connectivity index (χ1) is 41.0. The van der Waals surface area contributed by atoms with Crippen LogP contribution < -0.4 is 0 Å². The van der Waals surface area contributed by atoms with Crippen molar-refractivity contribution in [2.75, 3.05) is 13.2 Å². The van der Waals surface area contributed by atoms with Gasteiger partial charge in [0, 0.05) is 19.3 Å². The fraction of sp³-hybridized carbons (Fsp3) is 0.519. The first-order valence-electron chi connectivity index (χ1n) is 32.6. The lowest BCUT2D eigenvalue weighted by molar-refractivity contribution is -0.167. The summed E-state index contributed by atoms with van der Waals surface area (Å²) in [5.41, 5.74) is 0. The Morgan fingerprint density at radius 3 is 0.783 bits per heavy atom. The van der Waals surface area contributed by atoms with Gasteiger partial charge in [0.05, 0.1) is 0 Å². The zero-order valence-electron chi connectivity index (χ0n) is 52.6. The van der Waals surface area contributed by atoms with Crippen molar-refractivity contribution in [1.82, 2.24) is 0 Å². The monoisotopic (exact) mass is 1140 g/mol. The van der Waals surface area contributed by atoms with E-state index in [1.165, 1.54) is 6.42 Å². The van der Waals surface area contributed by atoms with Crippen molar-refractivity contribution < 1.29 is 28.6 Å². The second-order valence-electron chi connectivity index (χ2n) is 20.5. The molecule has 83 heavy (non-hydrogen) atoms. The Balaban J connectivity index is 4.54. The van der Waals surface area contributed by atoms with E-state index in [4.69, 9.17) is 14.2 Å². The number of carbonyl (C=O) groups is 3. The lowest BCUT2D eigenvalue weighted by atomic mass is 10.1. The molecule has 0 saturated heterocycles. The molecule has 1 unspecified atom stereocenters. The van der Waals surface area contributed by atoms with Gasteiger partial charge in [0.2, 0.25) is 0 Å². The summed E-state index contributed by atoms with van der Waals surface area (Å²) < 4.78 is 16.8. The minimum Gasteiger partial charge on any atom is -0.462 e. The van der Waals surface area contributed by atoms with Crippen molar-refractivity contribution in [3.63, 3.8) is 0 Å². The quantitative estimate of drug-likeness (QED) is 0.0261. The number of allylic oxidation sites excluding steroid dienone is 34. The van der Waals surface area contributed by atoms with Gasteiger partial charge in [-0.1, -0.05) is 266 Å². The summed E-state index contributed by atoms with van der Waals surface area (Å²) in [7, 11) is 0. The van der Waals surface area contributed by atoms with Crippen molar-refractivity contribution in [2.24, 2.45) is 0 Å². The Kier molecular flexibility index (Phi) is 63.5. The van der Waals surface area contributed by atoms with Gasteiger partial charge in [0.1, 0.15) is 13.2 Å². The standard InChI is InChI=1S/C77H116O6/c1-4-7-10-13-16-19-22-25-27-29-31-33-35-36-37-38-39-40-42-43-45-47-49-52-55-58-61-64-67-70-76(79)82-73-74(72-81-75(78)69-66-63-60-57-54-51-24-21-18-15-12-9-6-3)83-77(80)71-68-65-62-59-56-53-50-48-46-44-41-34-32-30-28-26-23-20-17-14-11-8-5-2/h7-8,10-12,15-17,19-21,24-28,31-34,36-37,39-40,43-46,49-50,52-53,58,61,74H,4-6,9,13-14,18,22-23,29-30,35,38,41-42,47-48,51,54-57,59-60,62-73H2,1-3H3/b10-7-,11-8-,15-12-,19-16-,20-17-,24-21-,27-25-,28-26-,33-31-,34-32-,37-36-,40-39-,45-43-,46-44-,52-49-,53-50-,61-58-. The Hall–Kier alpha value is -6.01. The molecule has 0 radical (unpaired) electrons. The third kappa shape index (κ3) is 66.7. The van der Waals surface area contributed by atoms with Gasteiger partial charge in [0.25, 0.3) is 0 Å². The van der Waals surface area contributed by atoms with Crippen LogP contribution in [0.25, 0.3) is 0 Å². The van der Waals surface area contributed by atoms with Crippen molar-refractivity contribution in [3.05, 3.63) is 207 Å². The molecule has 0 aliphatic carbocycles. The van der Waals surface area contributed by atoms with Crippen molar-refractivity contribution in [3.8, 4) is 0 Å². The number of esters is 3. The molecule has 0 heterocycles. The fourth-order valence-corrected chi connectivity index (χ4v) is 7.95. The summed E-state index contributed by atoms with van der Waals surface area (Å²) in [4.78, 5) is 38.3. The van der Waals surface area contributed by atoms with Gasteiger partial charge in [-0.05, 0) is 161 Å². The van der Waals surface area contributed by atoms with E-state index >= 15 is 0 Å². The third-order valence-electron chi connectivity index (χ3n) is 12.7. The first-order valence-corrected chi connectivity index (χ1v) is 32.6. The molecule has 6 nitrogen and oxygen atoms in total. The summed E-state index contributed by atoms with van der Waals surface area (Å²) >= 11 is 0. The Bertz CT molecular complexity index is 2030. The molecule has 1 atom stereocenters. The minimum atomic E-state index is -0.836. The number of hydrogen-bond acceptors (Lipinski definition) is 6. The summed E-state index contributed by atoms with van der Waals surface area (Å²) in [5.74, 6) is -1.04. The molecule has 460 valence electrons. The van der Waals surface area contributed by atoms with Gasteiger partial charge in [-0.15, -0.1) is 0 Å². The molecule has 0 rings (SSSR count). The highest BCUT2D eigenvalue weighted by atomic mass is 16.6. The van der Waals surface area contributed by atoms with E-state index in [-0.39, 0.29) is 44.0 Å². The number of unbranched alkanes of at least 4 members (excludes halogenated alkanes) is 11. The number of ether oxygens (including phenoxy) is 3. The summed E-state index contributed by atoms with van der Waals surface area (Å²) in [6.07, 6.45) is 105. The summed E-state index contributed by atoms with van der Waals surface area (Å²) in [6.45, 7) is 6.25. The molecule has 0 aromatic heterocycles. The second-order valence-corrected chi connectivity index (χ2v) is 20.5. The number of hydrogen-bond donors (Lipinski definition) is 0. The van der Waals surface area contributed by atoms with Crippen LogP contribution in [0.3, 0.4) is 0 Å². The van der Waals surface area contributed by atoms with E-state index in [9.17, 15) is 14.4 Å². The van der Waals surface area contributed by atoms with E-state index in [0.29, 0.717) is 19.3 Å². The van der Waals surface area contributed by atoms with Crippen molar-refractivity contribution in [2.45, 2.75) is 245 Å². The molecule has 0 amide bonds. The lowest BCUT2D eigenvalue weighted by Gasteiger charge is -2.18. The molecule has 0 spiro atoms. The predicted octanol–water partition coefficient (Wildman–Crippen LogP) is 22.8. The highest BCUT2D eigenvalue weighted by molar-refractivity contribution is 5.71. The van der Waals surface area contributed by atoms with Crippen LogP contribution in [-0.4, -0.2) is 37.2 Å². The highest BCUT2D eigenvalue weighted by Crippen LogP contribution is 2.12. The molecule has 0 saturated carbocycles. The number of rotatable bonds is 56. The maximum atomic E-state index is 12.9. The van der Waals surface area contributed by atoms with E-state index in [0.717, 1.165) is 180 Å². The third-order valence-corrected chi connectivity index (χ3v) is 12.7. The molecule has 0 fully saturated rings. The van der Waals surface area contributed by atoms with Gasteiger partial charge in [0.15, 0.2) is 6.10 Å². The topological polar surface area (TPSA) is 78.9 Å². The normalized spacial score (nSPS) is 13.5. The van der Waals surface area contributed by atoms with Gasteiger partial charge >= 0.3 is 17.9 Å². The van der Waals surface area contributed by atoms with Crippen molar-refractivity contribution in [1.29, 1.82) is 0 Å². The van der Waals surface area contributed by atoms with Crippen molar-refractivity contribution >= 4 is 17.9 Å². The van der Waals surface area contributed by atoms with Crippen LogP contribution >= 0.6 is 0 Å². The zero-order chi connectivity index (χ0) is 59.9. The van der Waals surface area contributed by atoms with Crippen LogP contribution in [0.1, 0.15) is 239 Å². The number of carbonyl (C=O) groups excluding carboxylic acids is 3. The van der Waals surface area contributed by atoms with Crippen LogP contribution in [0, 0.1) is 0 Å². The molecule has 0 aromatic carbocycles. The molecule has 0 aromatic rings. The molecule has 6 heteroatoms. The van der Waals surface area contributed by atoms with Crippen LogP contribution in [-0.2, 0) is 28.6 Å². The van der Waals surface area contributed by atoms with Crippen LogP contribution in [0.5, 0.6) is 0 Å². The molecule has 0 aliphatic rings. The summed E-state index contributed by atoms with van der Waals surface area (Å²) in [5, 5.41) is 0. The molecular formula is C77H116O6. The highest BCUT2D eigenvalue weighted by Gasteiger charge is 2.19. The van der Waals surface area contributed by atoms with Gasteiger partial charge < -0.3 is 14.2 Å². The zero-order valence-corrected chi connectivity index (χ0v) is 52.6. The van der Waals surface area contributed by atoms with E-state index in [2.05, 4.69) is 227 Å². The fourth-order valence-electron chi connectivity index (χ4n) is 7.95.